The quantitative estimate of drug-likeness (QED) is 0.308. The van der Waals surface area contributed by atoms with Crippen molar-refractivity contribution >= 4 is 0 Å². The molecule has 2 unspecified atom stereocenters. The van der Waals surface area contributed by atoms with Crippen molar-refractivity contribution in [3.63, 3.8) is 0 Å². The standard InChI is InChI=1S/C15H14O6.C6H6O2/c16-8-4-11(18)9-6-13(20)15(21-14(9)5-8)7-1-2-10(17)12(19)3-7;7-5-3-1-2-4-6(5)8/h1-5,13,15-20H,6H2;1-4,7-8H. The van der Waals surface area contributed by atoms with Gasteiger partial charge in [-0.25, -0.2) is 0 Å². The number of aliphatic hydroxyl groups is 1. The third kappa shape index (κ3) is 4.39. The van der Waals surface area contributed by atoms with Crippen LogP contribution in [0.3, 0.4) is 0 Å². The van der Waals surface area contributed by atoms with Crippen LogP contribution in [0.2, 0.25) is 0 Å². The molecule has 29 heavy (non-hydrogen) atoms. The molecule has 0 fully saturated rings. The van der Waals surface area contributed by atoms with Crippen molar-refractivity contribution in [2.24, 2.45) is 0 Å². The second-order valence-electron chi connectivity index (χ2n) is 6.49. The minimum atomic E-state index is -0.933. The van der Waals surface area contributed by atoms with Gasteiger partial charge in [0.15, 0.2) is 23.0 Å². The van der Waals surface area contributed by atoms with Crippen LogP contribution in [0.1, 0.15) is 17.2 Å². The van der Waals surface area contributed by atoms with Crippen molar-refractivity contribution in [1.82, 2.24) is 0 Å². The number of aliphatic hydroxyl groups excluding tert-OH is 1. The Bertz CT molecular complexity index is 997. The number of phenols is 6. The van der Waals surface area contributed by atoms with Crippen LogP contribution in [0.25, 0.3) is 0 Å². The summed E-state index contributed by atoms with van der Waals surface area (Å²) >= 11 is 0. The summed E-state index contributed by atoms with van der Waals surface area (Å²) in [6, 6.07) is 12.8. The van der Waals surface area contributed by atoms with Gasteiger partial charge in [-0.3, -0.25) is 0 Å². The number of fused-ring (bicyclic) bond motifs is 1. The summed E-state index contributed by atoms with van der Waals surface area (Å²) in [5.74, 6) is -0.742. The van der Waals surface area contributed by atoms with E-state index in [1.807, 2.05) is 0 Å². The number of hydrogen-bond acceptors (Lipinski definition) is 8. The molecular weight excluding hydrogens is 380 g/mol. The SMILES string of the molecule is Oc1cc(O)c2c(c1)OC(c1ccc(O)c(O)c1)C(O)C2.Oc1ccccc1O. The topological polar surface area (TPSA) is 151 Å². The zero-order valence-electron chi connectivity index (χ0n) is 15.1. The van der Waals surface area contributed by atoms with E-state index < -0.39 is 12.2 Å². The van der Waals surface area contributed by atoms with Gasteiger partial charge in [-0.05, 0) is 29.8 Å². The zero-order chi connectivity index (χ0) is 21.1. The molecule has 0 bridgehead atoms. The second-order valence-corrected chi connectivity index (χ2v) is 6.49. The fourth-order valence-corrected chi connectivity index (χ4v) is 2.93. The Hall–Kier alpha value is -3.78. The third-order valence-electron chi connectivity index (χ3n) is 4.40. The van der Waals surface area contributed by atoms with Crippen molar-refractivity contribution in [1.29, 1.82) is 0 Å². The molecule has 3 aromatic carbocycles. The fourth-order valence-electron chi connectivity index (χ4n) is 2.93. The Labute approximate surface area is 165 Å². The molecule has 0 saturated heterocycles. The van der Waals surface area contributed by atoms with Gasteiger partial charge < -0.3 is 40.5 Å². The van der Waals surface area contributed by atoms with Gasteiger partial charge in [-0.2, -0.15) is 0 Å². The number of benzene rings is 3. The molecule has 1 heterocycles. The van der Waals surface area contributed by atoms with Gasteiger partial charge in [0.2, 0.25) is 0 Å². The van der Waals surface area contributed by atoms with Crippen molar-refractivity contribution in [2.45, 2.75) is 18.6 Å². The predicted octanol–water partition coefficient (Wildman–Crippen LogP) is 2.64. The molecule has 8 heteroatoms. The number of rotatable bonds is 1. The minimum absolute atomic E-state index is 0.0764. The van der Waals surface area contributed by atoms with Crippen LogP contribution < -0.4 is 4.74 Å². The number of ether oxygens (including phenoxy) is 1. The van der Waals surface area contributed by atoms with E-state index in [2.05, 4.69) is 0 Å². The first-order valence-electron chi connectivity index (χ1n) is 8.64. The molecule has 1 aliphatic rings. The van der Waals surface area contributed by atoms with E-state index in [1.165, 1.54) is 42.5 Å². The van der Waals surface area contributed by atoms with Gasteiger partial charge in [0.1, 0.15) is 23.4 Å². The van der Waals surface area contributed by atoms with E-state index in [0.717, 1.165) is 0 Å². The normalized spacial score (nSPS) is 17.4. The van der Waals surface area contributed by atoms with E-state index in [-0.39, 0.29) is 46.7 Å². The zero-order valence-corrected chi connectivity index (χ0v) is 15.1. The molecule has 0 radical (unpaired) electrons. The van der Waals surface area contributed by atoms with Gasteiger partial charge >= 0.3 is 0 Å². The Kier molecular flexibility index (Phi) is 5.56. The lowest BCUT2D eigenvalue weighted by Gasteiger charge is -2.31. The van der Waals surface area contributed by atoms with E-state index in [4.69, 9.17) is 14.9 Å². The van der Waals surface area contributed by atoms with Gasteiger partial charge in [0, 0.05) is 24.1 Å². The Morgan fingerprint density at radius 1 is 0.690 bits per heavy atom. The highest BCUT2D eigenvalue weighted by Gasteiger charge is 2.32. The maximum absolute atomic E-state index is 10.2. The fraction of sp³-hybridized carbons (Fsp3) is 0.143. The van der Waals surface area contributed by atoms with Gasteiger partial charge in [-0.1, -0.05) is 18.2 Å². The average Bonchev–Trinajstić information content (AvgIpc) is 2.67. The van der Waals surface area contributed by atoms with Crippen molar-refractivity contribution in [3.8, 4) is 40.2 Å². The summed E-state index contributed by atoms with van der Waals surface area (Å²) in [5.41, 5.74) is 0.894. The third-order valence-corrected chi connectivity index (χ3v) is 4.40. The Balaban J connectivity index is 0.000000252. The van der Waals surface area contributed by atoms with Crippen LogP contribution in [0.4, 0.5) is 0 Å². The first-order valence-corrected chi connectivity index (χ1v) is 8.64. The van der Waals surface area contributed by atoms with Crippen molar-refractivity contribution in [2.75, 3.05) is 0 Å². The number of phenolic OH excluding ortho intramolecular Hbond substituents is 6. The molecular formula is C21H20O8. The lowest BCUT2D eigenvalue weighted by molar-refractivity contribution is 0.0197. The maximum atomic E-state index is 10.2. The largest absolute Gasteiger partial charge is 0.508 e. The molecule has 0 aromatic heterocycles. The highest BCUT2D eigenvalue weighted by atomic mass is 16.5. The summed E-state index contributed by atoms with van der Waals surface area (Å²) < 4.78 is 5.62. The highest BCUT2D eigenvalue weighted by molar-refractivity contribution is 5.52. The smallest absolute Gasteiger partial charge is 0.157 e. The number of para-hydroxylation sites is 2. The van der Waals surface area contributed by atoms with Crippen LogP contribution in [0, 0.1) is 0 Å². The molecule has 3 aromatic rings. The molecule has 2 atom stereocenters. The van der Waals surface area contributed by atoms with Crippen molar-refractivity contribution in [3.05, 3.63) is 65.7 Å². The molecule has 0 spiro atoms. The lowest BCUT2D eigenvalue weighted by Crippen LogP contribution is -2.30. The van der Waals surface area contributed by atoms with Crippen molar-refractivity contribution < 1.29 is 40.5 Å². The highest BCUT2D eigenvalue weighted by Crippen LogP contribution is 2.42. The maximum Gasteiger partial charge on any atom is 0.157 e. The monoisotopic (exact) mass is 400 g/mol. The summed E-state index contributed by atoms with van der Waals surface area (Å²) in [5, 5.41) is 65.6. The van der Waals surface area contributed by atoms with E-state index >= 15 is 0 Å². The van der Waals surface area contributed by atoms with Gasteiger partial charge in [0.05, 0.1) is 6.10 Å². The van der Waals surface area contributed by atoms with Crippen LogP contribution >= 0.6 is 0 Å². The molecule has 8 nitrogen and oxygen atoms in total. The first kappa shape index (κ1) is 20.0. The van der Waals surface area contributed by atoms with E-state index in [9.17, 15) is 25.5 Å². The van der Waals surface area contributed by atoms with Crippen LogP contribution in [0.5, 0.6) is 40.2 Å². The predicted molar refractivity (Wildman–Crippen MR) is 102 cm³/mol. The summed E-state index contributed by atoms with van der Waals surface area (Å²) in [7, 11) is 0. The minimum Gasteiger partial charge on any atom is -0.508 e. The Morgan fingerprint density at radius 2 is 1.31 bits per heavy atom. The summed E-state index contributed by atoms with van der Waals surface area (Å²) in [4.78, 5) is 0. The van der Waals surface area contributed by atoms with Crippen LogP contribution in [0.15, 0.2) is 54.6 Å². The summed E-state index contributed by atoms with van der Waals surface area (Å²) in [6.45, 7) is 0. The van der Waals surface area contributed by atoms with Crippen LogP contribution in [-0.2, 0) is 6.42 Å². The molecule has 152 valence electrons. The molecule has 1 aliphatic heterocycles. The molecule has 0 saturated carbocycles. The van der Waals surface area contributed by atoms with Crippen LogP contribution in [-0.4, -0.2) is 41.8 Å². The Morgan fingerprint density at radius 3 is 1.90 bits per heavy atom. The molecule has 4 rings (SSSR count). The number of aromatic hydroxyl groups is 6. The van der Waals surface area contributed by atoms with E-state index in [0.29, 0.717) is 11.1 Å². The average molecular weight is 400 g/mol. The molecule has 0 amide bonds. The second kappa shape index (κ2) is 8.07. The number of hydrogen-bond donors (Lipinski definition) is 7. The molecule has 7 N–H and O–H groups in total. The first-order chi connectivity index (χ1) is 13.8. The van der Waals surface area contributed by atoms with E-state index in [1.54, 1.807) is 12.1 Å². The van der Waals surface area contributed by atoms with Gasteiger partial charge in [0.25, 0.3) is 0 Å². The lowest BCUT2D eigenvalue weighted by atomic mass is 9.94. The van der Waals surface area contributed by atoms with Gasteiger partial charge in [-0.15, -0.1) is 0 Å². The molecule has 0 aliphatic carbocycles. The summed E-state index contributed by atoms with van der Waals surface area (Å²) in [6.07, 6.45) is -1.56.